The van der Waals surface area contributed by atoms with Gasteiger partial charge in [0.05, 0.1) is 0 Å². The van der Waals surface area contributed by atoms with Crippen molar-refractivity contribution in [1.82, 2.24) is 0 Å². The van der Waals surface area contributed by atoms with E-state index in [9.17, 15) is 0 Å². The van der Waals surface area contributed by atoms with Crippen LogP contribution in [0, 0.1) is 6.92 Å². The van der Waals surface area contributed by atoms with Gasteiger partial charge in [-0.25, -0.2) is 0 Å². The lowest BCUT2D eigenvalue weighted by Gasteiger charge is -2.12. The van der Waals surface area contributed by atoms with Gasteiger partial charge in [-0.2, -0.15) is 0 Å². The molecular formula is C11H14Cl2O. The van der Waals surface area contributed by atoms with Gasteiger partial charge in [0, 0.05) is 18.1 Å². The third kappa shape index (κ3) is 3.16. The maximum absolute atomic E-state index is 6.06. The molecule has 0 aliphatic rings. The number of halogens is 2. The van der Waals surface area contributed by atoms with E-state index in [0.717, 1.165) is 16.1 Å². The van der Waals surface area contributed by atoms with Crippen LogP contribution in [0.25, 0.3) is 0 Å². The van der Waals surface area contributed by atoms with Crippen molar-refractivity contribution in [3.63, 3.8) is 0 Å². The first kappa shape index (κ1) is 11.8. The Hall–Kier alpha value is -0.240. The zero-order valence-electron chi connectivity index (χ0n) is 8.39. The fourth-order valence-corrected chi connectivity index (χ4v) is 1.90. The highest BCUT2D eigenvalue weighted by atomic mass is 35.5. The molecule has 0 spiro atoms. The first-order valence-electron chi connectivity index (χ1n) is 4.64. The van der Waals surface area contributed by atoms with Gasteiger partial charge in [-0.15, -0.1) is 0 Å². The fraction of sp³-hybridized carbons (Fsp3) is 0.455. The topological polar surface area (TPSA) is 9.23 Å². The van der Waals surface area contributed by atoms with Crippen LogP contribution in [0.1, 0.15) is 18.1 Å². The van der Waals surface area contributed by atoms with Crippen LogP contribution in [-0.4, -0.2) is 12.2 Å². The Kier molecular flexibility index (Phi) is 4.73. The molecule has 1 atom stereocenters. The van der Waals surface area contributed by atoms with Crippen molar-refractivity contribution in [2.75, 3.05) is 6.61 Å². The summed E-state index contributed by atoms with van der Waals surface area (Å²) in [6.45, 7) is 4.57. The van der Waals surface area contributed by atoms with E-state index in [0.29, 0.717) is 13.0 Å². The molecule has 1 rings (SSSR count). The molecule has 0 aliphatic heterocycles. The average molecular weight is 233 g/mol. The van der Waals surface area contributed by atoms with E-state index < -0.39 is 0 Å². The summed E-state index contributed by atoms with van der Waals surface area (Å²) in [5, 5.41) is 0.760. The van der Waals surface area contributed by atoms with Crippen LogP contribution >= 0.6 is 23.2 Å². The quantitative estimate of drug-likeness (QED) is 0.719. The maximum atomic E-state index is 6.06. The summed E-state index contributed by atoms with van der Waals surface area (Å²) in [7, 11) is 0. The van der Waals surface area contributed by atoms with Crippen molar-refractivity contribution >= 4 is 23.2 Å². The van der Waals surface area contributed by atoms with Gasteiger partial charge in [0.2, 0.25) is 0 Å². The van der Waals surface area contributed by atoms with E-state index in [2.05, 4.69) is 0 Å². The summed E-state index contributed by atoms with van der Waals surface area (Å²) in [4.78, 5) is 0. The molecule has 0 heterocycles. The Labute approximate surface area is 95.0 Å². The van der Waals surface area contributed by atoms with E-state index in [1.54, 1.807) is 0 Å². The number of aryl methyl sites for hydroxylation is 1. The van der Waals surface area contributed by atoms with Crippen LogP contribution in [0.15, 0.2) is 18.2 Å². The minimum absolute atomic E-state index is 0.293. The van der Waals surface area contributed by atoms with Gasteiger partial charge in [0.1, 0.15) is 5.56 Å². The van der Waals surface area contributed by atoms with Gasteiger partial charge in [0.15, 0.2) is 0 Å². The fourth-order valence-electron chi connectivity index (χ4n) is 1.33. The molecule has 0 N–H and O–H groups in total. The maximum Gasteiger partial charge on any atom is 0.135 e. The number of benzene rings is 1. The average Bonchev–Trinajstić information content (AvgIpc) is 2.12. The van der Waals surface area contributed by atoms with Crippen molar-refractivity contribution in [2.24, 2.45) is 0 Å². The summed E-state index contributed by atoms with van der Waals surface area (Å²) in [6, 6.07) is 5.83. The second-order valence-electron chi connectivity index (χ2n) is 3.10. The minimum Gasteiger partial charge on any atom is -0.362 e. The molecule has 1 aromatic rings. The molecule has 0 aliphatic carbocycles. The molecule has 1 nitrogen and oxygen atoms in total. The molecule has 0 bridgehead atoms. The van der Waals surface area contributed by atoms with E-state index in [1.807, 2.05) is 32.0 Å². The van der Waals surface area contributed by atoms with Crippen LogP contribution in [0.4, 0.5) is 0 Å². The van der Waals surface area contributed by atoms with E-state index in [1.165, 1.54) is 0 Å². The minimum atomic E-state index is -0.293. The predicted molar refractivity (Wildman–Crippen MR) is 61.2 cm³/mol. The summed E-state index contributed by atoms with van der Waals surface area (Å²) in [6.07, 6.45) is 0.654. The van der Waals surface area contributed by atoms with E-state index in [-0.39, 0.29) is 5.56 Å². The molecule has 0 saturated carbocycles. The van der Waals surface area contributed by atoms with Gasteiger partial charge in [-0.1, -0.05) is 35.3 Å². The van der Waals surface area contributed by atoms with E-state index in [4.69, 9.17) is 27.9 Å². The number of hydrogen-bond acceptors (Lipinski definition) is 1. The first-order valence-corrected chi connectivity index (χ1v) is 5.46. The Balaban J connectivity index is 2.75. The van der Waals surface area contributed by atoms with Crippen LogP contribution in [0.2, 0.25) is 5.02 Å². The SMILES string of the molecule is CCOC(Cl)Cc1c(C)cccc1Cl. The molecule has 0 amide bonds. The van der Waals surface area contributed by atoms with Crippen molar-refractivity contribution in [1.29, 1.82) is 0 Å². The van der Waals surface area contributed by atoms with Gasteiger partial charge in [-0.05, 0) is 31.0 Å². The molecule has 78 valence electrons. The summed E-state index contributed by atoms with van der Waals surface area (Å²) >= 11 is 12.0. The highest BCUT2D eigenvalue weighted by Gasteiger charge is 2.10. The Morgan fingerprint density at radius 2 is 2.14 bits per heavy atom. The normalized spacial score (nSPS) is 12.9. The molecule has 3 heteroatoms. The van der Waals surface area contributed by atoms with Crippen LogP contribution in [0.3, 0.4) is 0 Å². The van der Waals surface area contributed by atoms with Gasteiger partial charge >= 0.3 is 0 Å². The third-order valence-electron chi connectivity index (χ3n) is 2.07. The van der Waals surface area contributed by atoms with Crippen LogP contribution in [0.5, 0.6) is 0 Å². The number of hydrogen-bond donors (Lipinski definition) is 0. The highest BCUT2D eigenvalue weighted by molar-refractivity contribution is 6.31. The lowest BCUT2D eigenvalue weighted by atomic mass is 10.1. The Bertz CT molecular complexity index is 279. The van der Waals surface area contributed by atoms with Crippen molar-refractivity contribution < 1.29 is 4.74 Å². The second-order valence-corrected chi connectivity index (χ2v) is 4.00. The van der Waals surface area contributed by atoms with Gasteiger partial charge in [-0.3, -0.25) is 0 Å². The lowest BCUT2D eigenvalue weighted by molar-refractivity contribution is 0.120. The Morgan fingerprint density at radius 3 is 2.71 bits per heavy atom. The first-order chi connectivity index (χ1) is 6.65. The summed E-state index contributed by atoms with van der Waals surface area (Å²) in [5.41, 5.74) is 1.93. The van der Waals surface area contributed by atoms with Crippen molar-refractivity contribution in [3.8, 4) is 0 Å². The largest absolute Gasteiger partial charge is 0.362 e. The van der Waals surface area contributed by atoms with Crippen molar-refractivity contribution in [3.05, 3.63) is 34.3 Å². The molecule has 1 aromatic carbocycles. The molecular weight excluding hydrogens is 219 g/mol. The molecule has 14 heavy (non-hydrogen) atoms. The zero-order valence-corrected chi connectivity index (χ0v) is 9.90. The second kappa shape index (κ2) is 5.59. The van der Waals surface area contributed by atoms with Gasteiger partial charge < -0.3 is 4.74 Å². The van der Waals surface area contributed by atoms with Crippen molar-refractivity contribution in [2.45, 2.75) is 25.8 Å². The highest BCUT2D eigenvalue weighted by Crippen LogP contribution is 2.22. The molecule has 0 fully saturated rings. The third-order valence-corrected chi connectivity index (χ3v) is 2.70. The summed E-state index contributed by atoms with van der Waals surface area (Å²) < 4.78 is 5.26. The monoisotopic (exact) mass is 232 g/mol. The smallest absolute Gasteiger partial charge is 0.135 e. The number of ether oxygens (including phenoxy) is 1. The standard InChI is InChI=1S/C11H14Cl2O/c1-3-14-11(13)7-9-8(2)5-4-6-10(9)12/h4-6,11H,3,7H2,1-2H3. The van der Waals surface area contributed by atoms with Crippen LogP contribution in [-0.2, 0) is 11.2 Å². The van der Waals surface area contributed by atoms with Gasteiger partial charge in [0.25, 0.3) is 0 Å². The molecule has 1 unspecified atom stereocenters. The summed E-state index contributed by atoms with van der Waals surface area (Å²) in [5.74, 6) is 0. The van der Waals surface area contributed by atoms with E-state index >= 15 is 0 Å². The predicted octanol–water partition coefficient (Wildman–Crippen LogP) is 3.79. The molecule has 0 radical (unpaired) electrons. The number of rotatable bonds is 4. The van der Waals surface area contributed by atoms with Crippen LogP contribution < -0.4 is 0 Å². The Morgan fingerprint density at radius 1 is 1.43 bits per heavy atom. The molecule has 0 saturated heterocycles. The molecule has 0 aromatic heterocycles. The number of alkyl halides is 1. The lowest BCUT2D eigenvalue weighted by Crippen LogP contribution is -2.09. The zero-order chi connectivity index (χ0) is 10.6.